The molecule has 28 heavy (non-hydrogen) atoms. The van der Waals surface area contributed by atoms with Crippen LogP contribution in [0.3, 0.4) is 0 Å². The summed E-state index contributed by atoms with van der Waals surface area (Å²) in [6.07, 6.45) is 0.788. The van der Waals surface area contributed by atoms with E-state index >= 15 is 0 Å². The van der Waals surface area contributed by atoms with Crippen molar-refractivity contribution in [2.45, 2.75) is 54.9 Å². The van der Waals surface area contributed by atoms with Crippen LogP contribution in [-0.2, 0) is 9.59 Å². The van der Waals surface area contributed by atoms with E-state index in [1.54, 1.807) is 47.6 Å². The minimum Gasteiger partial charge on any atom is -0.490 e. The summed E-state index contributed by atoms with van der Waals surface area (Å²) in [6, 6.07) is 8.98. The Morgan fingerprint density at radius 1 is 0.821 bits per heavy atom. The molecule has 0 aromatic heterocycles. The number of rotatable bonds is 5. The minimum atomic E-state index is -0.666. The highest BCUT2D eigenvalue weighted by molar-refractivity contribution is 5.98. The maximum atomic E-state index is 12.5. The third-order valence-corrected chi connectivity index (χ3v) is 4.01. The molecule has 0 radical (unpaired) electrons. The first kappa shape index (κ1) is 21.7. The molecule has 0 aliphatic rings. The van der Waals surface area contributed by atoms with E-state index in [1.807, 2.05) is 31.2 Å². The van der Waals surface area contributed by atoms with Gasteiger partial charge in [0.1, 0.15) is 5.75 Å². The molecule has 0 aliphatic carbocycles. The van der Waals surface area contributed by atoms with Crippen molar-refractivity contribution in [3.8, 4) is 17.2 Å². The molecule has 5 heteroatoms. The predicted octanol–water partition coefficient (Wildman–Crippen LogP) is 5.53. The molecule has 5 nitrogen and oxygen atoms in total. The van der Waals surface area contributed by atoms with Gasteiger partial charge in [-0.2, -0.15) is 0 Å². The maximum Gasteiger partial charge on any atom is 0.316 e. The smallest absolute Gasteiger partial charge is 0.316 e. The summed E-state index contributed by atoms with van der Waals surface area (Å²) < 4.78 is 17.3. The molecule has 0 spiro atoms. The van der Waals surface area contributed by atoms with Gasteiger partial charge < -0.3 is 14.2 Å². The molecule has 152 valence electrons. The van der Waals surface area contributed by atoms with E-state index in [9.17, 15) is 9.59 Å². The van der Waals surface area contributed by atoms with Gasteiger partial charge in [-0.3, -0.25) is 9.59 Å². The predicted molar refractivity (Wildman–Crippen MR) is 110 cm³/mol. The number of esters is 2. The largest absolute Gasteiger partial charge is 0.490 e. The SMILES string of the molecule is CCCOc1cc(OC(=O)C(C)(C)C)c2ccccc2c1OC(=O)C(C)(C)C. The van der Waals surface area contributed by atoms with Crippen molar-refractivity contribution in [1.82, 2.24) is 0 Å². The van der Waals surface area contributed by atoms with Gasteiger partial charge in [0.15, 0.2) is 11.5 Å². The standard InChI is InChI=1S/C23H30O5/c1-8-13-26-18-14-17(27-20(24)22(2,3)4)15-11-9-10-12-16(15)19(18)28-21(25)23(5,6)7/h9-12,14H,8,13H2,1-7H3. The summed E-state index contributed by atoms with van der Waals surface area (Å²) in [5.74, 6) is 0.406. The average Bonchev–Trinajstić information content (AvgIpc) is 2.60. The van der Waals surface area contributed by atoms with Crippen molar-refractivity contribution >= 4 is 22.7 Å². The third-order valence-electron chi connectivity index (χ3n) is 4.01. The van der Waals surface area contributed by atoms with Crippen LogP contribution in [-0.4, -0.2) is 18.5 Å². The highest BCUT2D eigenvalue weighted by Crippen LogP contribution is 2.43. The molecule has 0 saturated carbocycles. The molecule has 0 amide bonds. The van der Waals surface area contributed by atoms with E-state index in [4.69, 9.17) is 14.2 Å². The number of ether oxygens (including phenoxy) is 3. The zero-order valence-electron chi connectivity index (χ0n) is 17.8. The van der Waals surface area contributed by atoms with Crippen LogP contribution in [0.1, 0.15) is 54.9 Å². The molecule has 0 heterocycles. The van der Waals surface area contributed by atoms with Crippen molar-refractivity contribution in [3.63, 3.8) is 0 Å². The van der Waals surface area contributed by atoms with Gasteiger partial charge in [-0.1, -0.05) is 31.2 Å². The molecule has 0 saturated heterocycles. The highest BCUT2D eigenvalue weighted by Gasteiger charge is 2.28. The lowest BCUT2D eigenvalue weighted by atomic mass is 9.97. The fourth-order valence-electron chi connectivity index (χ4n) is 2.30. The third kappa shape index (κ3) is 5.03. The Balaban J connectivity index is 2.63. The number of fused-ring (bicyclic) bond motifs is 1. The quantitative estimate of drug-likeness (QED) is 0.499. The molecular weight excluding hydrogens is 356 g/mol. The van der Waals surface area contributed by atoms with E-state index in [0.29, 0.717) is 34.6 Å². The second kappa shape index (κ2) is 8.21. The van der Waals surface area contributed by atoms with Gasteiger partial charge in [0.25, 0.3) is 0 Å². The fourth-order valence-corrected chi connectivity index (χ4v) is 2.30. The van der Waals surface area contributed by atoms with Crippen LogP contribution in [0.5, 0.6) is 17.2 Å². The number of carbonyl (C=O) groups is 2. The zero-order valence-corrected chi connectivity index (χ0v) is 17.8. The molecule has 0 atom stereocenters. The second-order valence-electron chi connectivity index (χ2n) is 8.88. The van der Waals surface area contributed by atoms with E-state index in [0.717, 1.165) is 6.42 Å². The maximum absolute atomic E-state index is 12.5. The first-order valence-corrected chi connectivity index (χ1v) is 9.58. The average molecular weight is 386 g/mol. The lowest BCUT2D eigenvalue weighted by molar-refractivity contribution is -0.143. The van der Waals surface area contributed by atoms with Gasteiger partial charge >= 0.3 is 11.9 Å². The van der Waals surface area contributed by atoms with Crippen molar-refractivity contribution in [2.24, 2.45) is 10.8 Å². The summed E-state index contributed by atoms with van der Waals surface area (Å²) >= 11 is 0. The number of hydrogen-bond donors (Lipinski definition) is 0. The Kier molecular flexibility index (Phi) is 6.37. The molecule has 2 rings (SSSR count). The van der Waals surface area contributed by atoms with Crippen LogP contribution in [0.4, 0.5) is 0 Å². The molecule has 0 N–H and O–H groups in total. The summed E-state index contributed by atoms with van der Waals surface area (Å²) in [7, 11) is 0. The summed E-state index contributed by atoms with van der Waals surface area (Å²) in [5.41, 5.74) is -1.32. The number of benzene rings is 2. The van der Waals surface area contributed by atoms with Crippen LogP contribution in [0.2, 0.25) is 0 Å². The Morgan fingerprint density at radius 2 is 1.36 bits per heavy atom. The van der Waals surface area contributed by atoms with E-state index in [1.165, 1.54) is 0 Å². The Bertz CT molecular complexity index is 869. The summed E-state index contributed by atoms with van der Waals surface area (Å²) in [5, 5.41) is 1.34. The van der Waals surface area contributed by atoms with Gasteiger partial charge in [-0.15, -0.1) is 0 Å². The molecule has 0 fully saturated rings. The Labute approximate surface area is 167 Å². The van der Waals surface area contributed by atoms with E-state index in [2.05, 4.69) is 0 Å². The van der Waals surface area contributed by atoms with Crippen molar-refractivity contribution in [2.75, 3.05) is 6.61 Å². The lowest BCUT2D eigenvalue weighted by Gasteiger charge is -2.22. The van der Waals surface area contributed by atoms with Crippen LogP contribution >= 0.6 is 0 Å². The normalized spacial score (nSPS) is 12.0. The Hall–Kier alpha value is -2.56. The molecule has 0 bridgehead atoms. The summed E-state index contributed by atoms with van der Waals surface area (Å²) in [6.45, 7) is 13.2. The van der Waals surface area contributed by atoms with Crippen LogP contribution in [0.15, 0.2) is 30.3 Å². The zero-order chi connectivity index (χ0) is 21.1. The van der Waals surface area contributed by atoms with Gasteiger partial charge in [0, 0.05) is 16.8 Å². The van der Waals surface area contributed by atoms with Crippen LogP contribution in [0.25, 0.3) is 10.8 Å². The molecule has 0 aliphatic heterocycles. The van der Waals surface area contributed by atoms with Crippen molar-refractivity contribution in [3.05, 3.63) is 30.3 Å². The van der Waals surface area contributed by atoms with Gasteiger partial charge in [-0.05, 0) is 48.0 Å². The molecule has 0 unspecified atom stereocenters. The molecular formula is C23H30O5. The fraction of sp³-hybridized carbons (Fsp3) is 0.478. The lowest BCUT2D eigenvalue weighted by Crippen LogP contribution is -2.26. The van der Waals surface area contributed by atoms with E-state index in [-0.39, 0.29) is 11.9 Å². The van der Waals surface area contributed by atoms with E-state index < -0.39 is 10.8 Å². The first-order valence-electron chi connectivity index (χ1n) is 9.58. The topological polar surface area (TPSA) is 61.8 Å². The first-order chi connectivity index (χ1) is 12.9. The van der Waals surface area contributed by atoms with Crippen molar-refractivity contribution in [1.29, 1.82) is 0 Å². The Morgan fingerprint density at radius 3 is 1.89 bits per heavy atom. The number of carbonyl (C=O) groups excluding carboxylic acids is 2. The second-order valence-corrected chi connectivity index (χ2v) is 8.88. The molecule has 2 aromatic carbocycles. The van der Waals surface area contributed by atoms with Crippen LogP contribution < -0.4 is 14.2 Å². The molecule has 2 aromatic rings. The number of hydrogen-bond acceptors (Lipinski definition) is 5. The minimum absolute atomic E-state index is 0.347. The summed E-state index contributed by atoms with van der Waals surface area (Å²) in [4.78, 5) is 25.0. The van der Waals surface area contributed by atoms with Gasteiger partial charge in [0.05, 0.1) is 17.4 Å². The van der Waals surface area contributed by atoms with Gasteiger partial charge in [0.2, 0.25) is 0 Å². The monoisotopic (exact) mass is 386 g/mol. The van der Waals surface area contributed by atoms with Gasteiger partial charge in [-0.25, -0.2) is 0 Å². The highest BCUT2D eigenvalue weighted by atomic mass is 16.6. The van der Waals surface area contributed by atoms with Crippen LogP contribution in [0, 0.1) is 10.8 Å². The van der Waals surface area contributed by atoms with Crippen molar-refractivity contribution < 1.29 is 23.8 Å².